The van der Waals surface area contributed by atoms with E-state index < -0.39 is 0 Å². The van der Waals surface area contributed by atoms with Crippen molar-refractivity contribution in [2.75, 3.05) is 25.5 Å². The largest absolute Gasteiger partial charge is 0.378 e. The smallest absolute Gasteiger partial charge is 0.353 e. The molecule has 198 valence electrons. The normalized spacial score (nSPS) is 16.1. The lowest BCUT2D eigenvalue weighted by Gasteiger charge is -2.35. The number of morpholine rings is 1. The van der Waals surface area contributed by atoms with Crippen molar-refractivity contribution < 1.29 is 4.74 Å². The fourth-order valence-corrected chi connectivity index (χ4v) is 5.35. The molecule has 39 heavy (non-hydrogen) atoms. The number of nitrogen functional groups attached to an aromatic ring is 1. The molecule has 1 aliphatic heterocycles. The SMILES string of the molecule is Cc1cc(-c2c(-c3ccccc3)nc(N)n3c(=O)n(C[C@@H]4COCCN4Cc4ccccc4)nc23)cc(C)n1. The first-order valence-electron chi connectivity index (χ1n) is 13.1. The molecule has 0 amide bonds. The van der Waals surface area contributed by atoms with Crippen molar-refractivity contribution in [3.8, 4) is 22.4 Å². The number of ether oxygens (including phenoxy) is 1. The molecular weight excluding hydrogens is 490 g/mol. The third-order valence-corrected chi connectivity index (χ3v) is 7.13. The van der Waals surface area contributed by atoms with Gasteiger partial charge in [-0.15, -0.1) is 5.10 Å². The van der Waals surface area contributed by atoms with Crippen LogP contribution in [-0.2, 0) is 17.8 Å². The molecule has 2 aromatic carbocycles. The molecule has 0 bridgehead atoms. The molecule has 1 fully saturated rings. The van der Waals surface area contributed by atoms with Crippen molar-refractivity contribution in [2.45, 2.75) is 33.0 Å². The van der Waals surface area contributed by atoms with Crippen LogP contribution in [0.15, 0.2) is 77.6 Å². The zero-order valence-corrected chi connectivity index (χ0v) is 22.1. The third-order valence-electron chi connectivity index (χ3n) is 7.13. The quantitative estimate of drug-likeness (QED) is 0.363. The van der Waals surface area contributed by atoms with Crippen molar-refractivity contribution >= 4 is 11.6 Å². The van der Waals surface area contributed by atoms with Crippen molar-refractivity contribution in [3.05, 3.63) is 100 Å². The first-order valence-corrected chi connectivity index (χ1v) is 13.1. The maximum absolute atomic E-state index is 13.7. The van der Waals surface area contributed by atoms with Crippen molar-refractivity contribution in [2.24, 2.45) is 0 Å². The molecular formula is C30H31N7O2. The van der Waals surface area contributed by atoms with E-state index in [1.165, 1.54) is 14.6 Å². The number of pyridine rings is 1. The van der Waals surface area contributed by atoms with E-state index in [1.54, 1.807) is 0 Å². The van der Waals surface area contributed by atoms with Gasteiger partial charge in [0.05, 0.1) is 37.1 Å². The standard InChI is InChI=1S/C30H31N7O2/c1-20-15-24(16-21(2)32-20)26-27(23-11-7-4-8-12-23)33-29(31)37-28(26)34-36(30(37)38)18-25-19-39-14-13-35(25)17-22-9-5-3-6-10-22/h3-12,15-16,25H,13-14,17-19H2,1-2H3,(H2,31,33)/t25-/m1/s1. The summed E-state index contributed by atoms with van der Waals surface area (Å²) in [6.45, 7) is 7.02. The highest BCUT2D eigenvalue weighted by molar-refractivity contribution is 5.90. The van der Waals surface area contributed by atoms with Gasteiger partial charge >= 0.3 is 5.69 Å². The third kappa shape index (κ3) is 4.94. The van der Waals surface area contributed by atoms with Crippen LogP contribution in [0.1, 0.15) is 17.0 Å². The fourth-order valence-electron chi connectivity index (χ4n) is 5.35. The number of hydrogen-bond donors (Lipinski definition) is 1. The summed E-state index contributed by atoms with van der Waals surface area (Å²) in [5.41, 5.74) is 12.8. The average molecular weight is 522 g/mol. The number of hydrogen-bond acceptors (Lipinski definition) is 7. The molecule has 0 radical (unpaired) electrons. The molecule has 5 aromatic rings. The molecule has 0 saturated carbocycles. The van der Waals surface area contributed by atoms with E-state index in [-0.39, 0.29) is 17.7 Å². The highest BCUT2D eigenvalue weighted by atomic mass is 16.5. The number of aryl methyl sites for hydroxylation is 2. The Morgan fingerprint density at radius 1 is 0.949 bits per heavy atom. The lowest BCUT2D eigenvalue weighted by molar-refractivity contribution is -0.0191. The van der Waals surface area contributed by atoms with Crippen LogP contribution < -0.4 is 11.4 Å². The zero-order valence-electron chi connectivity index (χ0n) is 22.1. The Balaban J connectivity index is 1.48. The zero-order chi connectivity index (χ0) is 26.9. The Morgan fingerprint density at radius 3 is 2.36 bits per heavy atom. The fraction of sp³-hybridized carbons (Fsp3) is 0.267. The minimum absolute atomic E-state index is 0.0155. The number of rotatable bonds is 6. The number of nitrogens with two attached hydrogens (primary N) is 1. The van der Waals surface area contributed by atoms with E-state index >= 15 is 0 Å². The Morgan fingerprint density at radius 2 is 1.64 bits per heavy atom. The summed E-state index contributed by atoms with van der Waals surface area (Å²) >= 11 is 0. The Bertz CT molecular complexity index is 1660. The van der Waals surface area contributed by atoms with Crippen LogP contribution in [-0.4, -0.2) is 54.8 Å². The van der Waals surface area contributed by atoms with Gasteiger partial charge in [-0.25, -0.2) is 18.9 Å². The predicted octanol–water partition coefficient (Wildman–Crippen LogP) is 3.72. The molecule has 1 saturated heterocycles. The van der Waals surface area contributed by atoms with Gasteiger partial charge in [0.1, 0.15) is 0 Å². The van der Waals surface area contributed by atoms with Gasteiger partial charge in [-0.2, -0.15) is 0 Å². The topological polar surface area (TPSA) is 104 Å². The highest BCUT2D eigenvalue weighted by Gasteiger charge is 2.27. The maximum atomic E-state index is 13.7. The molecule has 0 unspecified atom stereocenters. The molecule has 9 heteroatoms. The summed E-state index contributed by atoms with van der Waals surface area (Å²) in [4.78, 5) is 25.3. The molecule has 9 nitrogen and oxygen atoms in total. The highest BCUT2D eigenvalue weighted by Crippen LogP contribution is 2.34. The van der Waals surface area contributed by atoms with Crippen molar-refractivity contribution in [1.82, 2.24) is 29.0 Å². The van der Waals surface area contributed by atoms with E-state index in [0.717, 1.165) is 41.2 Å². The molecule has 1 aliphatic rings. The van der Waals surface area contributed by atoms with Crippen LogP contribution in [0, 0.1) is 13.8 Å². The molecule has 3 aromatic heterocycles. The Hall–Kier alpha value is -4.34. The van der Waals surface area contributed by atoms with Crippen molar-refractivity contribution in [1.29, 1.82) is 0 Å². The van der Waals surface area contributed by atoms with E-state index in [1.807, 2.05) is 74.5 Å². The summed E-state index contributed by atoms with van der Waals surface area (Å²) in [5.74, 6) is 0.104. The van der Waals surface area contributed by atoms with Gasteiger partial charge in [-0.3, -0.25) is 9.88 Å². The number of nitrogens with zero attached hydrogens (tertiary/aromatic N) is 6. The summed E-state index contributed by atoms with van der Waals surface area (Å²) in [6.07, 6.45) is 0. The van der Waals surface area contributed by atoms with Gasteiger partial charge in [-0.05, 0) is 37.1 Å². The van der Waals surface area contributed by atoms with Gasteiger partial charge < -0.3 is 10.5 Å². The molecule has 2 N–H and O–H groups in total. The number of fused-ring (bicyclic) bond motifs is 1. The van der Waals surface area contributed by atoms with E-state index in [4.69, 9.17) is 20.6 Å². The second kappa shape index (κ2) is 10.4. The lowest BCUT2D eigenvalue weighted by atomic mass is 9.99. The average Bonchev–Trinajstić information content (AvgIpc) is 3.26. The number of benzene rings is 2. The van der Waals surface area contributed by atoms with Gasteiger partial charge in [0.15, 0.2) is 5.65 Å². The number of anilines is 1. The predicted molar refractivity (Wildman–Crippen MR) is 151 cm³/mol. The van der Waals surface area contributed by atoms with Crippen LogP contribution in [0.4, 0.5) is 5.95 Å². The molecule has 6 rings (SSSR count). The Kier molecular flexibility index (Phi) is 6.68. The van der Waals surface area contributed by atoms with Crippen LogP contribution in [0.2, 0.25) is 0 Å². The van der Waals surface area contributed by atoms with Gasteiger partial charge in [0, 0.05) is 30.0 Å². The van der Waals surface area contributed by atoms with Crippen LogP contribution in [0.5, 0.6) is 0 Å². The Labute approximate surface area is 226 Å². The monoisotopic (exact) mass is 521 g/mol. The van der Waals surface area contributed by atoms with E-state index in [0.29, 0.717) is 31.1 Å². The second-order valence-corrected chi connectivity index (χ2v) is 10.0. The van der Waals surface area contributed by atoms with E-state index in [2.05, 4.69) is 22.0 Å². The first-order chi connectivity index (χ1) is 19.0. The van der Waals surface area contributed by atoms with Crippen LogP contribution in [0.25, 0.3) is 28.0 Å². The second-order valence-electron chi connectivity index (χ2n) is 10.0. The van der Waals surface area contributed by atoms with Crippen molar-refractivity contribution in [3.63, 3.8) is 0 Å². The van der Waals surface area contributed by atoms with Gasteiger partial charge in [0.25, 0.3) is 0 Å². The molecule has 0 spiro atoms. The molecule has 0 aliphatic carbocycles. The van der Waals surface area contributed by atoms with E-state index in [9.17, 15) is 4.79 Å². The lowest BCUT2D eigenvalue weighted by Crippen LogP contribution is -2.48. The first kappa shape index (κ1) is 25.0. The van der Waals surface area contributed by atoms with Gasteiger partial charge in [0.2, 0.25) is 5.95 Å². The van der Waals surface area contributed by atoms with Crippen LogP contribution in [0.3, 0.4) is 0 Å². The summed E-state index contributed by atoms with van der Waals surface area (Å²) in [6, 6.07) is 24.1. The minimum atomic E-state index is -0.316. The minimum Gasteiger partial charge on any atom is -0.378 e. The summed E-state index contributed by atoms with van der Waals surface area (Å²) < 4.78 is 8.74. The molecule has 4 heterocycles. The maximum Gasteiger partial charge on any atom is 0.353 e. The molecule has 1 atom stereocenters. The summed E-state index contributed by atoms with van der Waals surface area (Å²) in [7, 11) is 0. The number of aromatic nitrogens is 5. The summed E-state index contributed by atoms with van der Waals surface area (Å²) in [5, 5.41) is 4.88. The van der Waals surface area contributed by atoms with Crippen LogP contribution >= 0.6 is 0 Å². The van der Waals surface area contributed by atoms with Gasteiger partial charge in [-0.1, -0.05) is 60.7 Å².